The minimum Gasteiger partial charge on any atom is -0.354 e. The van der Waals surface area contributed by atoms with E-state index >= 15 is 0 Å². The van der Waals surface area contributed by atoms with Gasteiger partial charge in [-0.2, -0.15) is 25.1 Å². The monoisotopic (exact) mass is 304 g/mol. The number of hydrogen-bond donors (Lipinski definition) is 1. The van der Waals surface area contributed by atoms with Gasteiger partial charge in [0.25, 0.3) is 5.95 Å². The van der Waals surface area contributed by atoms with Crippen molar-refractivity contribution < 1.29 is 0 Å². The van der Waals surface area contributed by atoms with E-state index in [0.717, 1.165) is 12.1 Å². The van der Waals surface area contributed by atoms with E-state index in [-0.39, 0.29) is 5.28 Å². The largest absolute Gasteiger partial charge is 0.354 e. The summed E-state index contributed by atoms with van der Waals surface area (Å²) in [6.07, 6.45) is 6.06. The SMILES string of the molecule is Cn1ccc(CCNc2nc(Cl)nc(-n3cccn3)n2)n1. The number of halogens is 1. The number of aromatic nitrogens is 7. The summed E-state index contributed by atoms with van der Waals surface area (Å²) in [7, 11) is 1.89. The zero-order chi connectivity index (χ0) is 14.7. The smallest absolute Gasteiger partial charge is 0.256 e. The highest BCUT2D eigenvalue weighted by atomic mass is 35.5. The molecule has 0 aliphatic rings. The quantitative estimate of drug-likeness (QED) is 0.759. The fraction of sp³-hybridized carbons (Fsp3) is 0.250. The van der Waals surface area contributed by atoms with E-state index < -0.39 is 0 Å². The second-order valence-corrected chi connectivity index (χ2v) is 4.67. The standard InChI is InChI=1S/C12H13ClN8/c1-20-8-4-9(19-20)3-6-14-11-16-10(13)17-12(18-11)21-7-2-5-15-21/h2,4-5,7-8H,3,6H2,1H3,(H,14,16,17,18). The van der Waals surface area contributed by atoms with E-state index in [1.807, 2.05) is 19.3 Å². The number of rotatable bonds is 5. The van der Waals surface area contributed by atoms with Crippen LogP contribution < -0.4 is 5.32 Å². The molecule has 1 N–H and O–H groups in total. The molecule has 8 nitrogen and oxygen atoms in total. The maximum atomic E-state index is 5.91. The van der Waals surface area contributed by atoms with Crippen LogP contribution in [0.1, 0.15) is 5.69 Å². The van der Waals surface area contributed by atoms with Crippen molar-refractivity contribution in [3.63, 3.8) is 0 Å². The second-order valence-electron chi connectivity index (χ2n) is 4.34. The number of nitrogens with one attached hydrogen (secondary N) is 1. The average molecular weight is 305 g/mol. The minimum absolute atomic E-state index is 0.121. The molecule has 3 heterocycles. The van der Waals surface area contributed by atoms with Gasteiger partial charge >= 0.3 is 0 Å². The van der Waals surface area contributed by atoms with Crippen LogP contribution in [0.3, 0.4) is 0 Å². The molecule has 0 amide bonds. The Morgan fingerprint density at radius 2 is 2.14 bits per heavy atom. The molecule has 3 aromatic rings. The highest BCUT2D eigenvalue weighted by molar-refractivity contribution is 6.28. The van der Waals surface area contributed by atoms with E-state index in [1.165, 1.54) is 4.68 Å². The number of aryl methyl sites for hydroxylation is 1. The Kier molecular flexibility index (Phi) is 3.78. The molecule has 0 aliphatic carbocycles. The van der Waals surface area contributed by atoms with Crippen LogP contribution in [0.4, 0.5) is 5.95 Å². The molecule has 0 radical (unpaired) electrons. The molecule has 0 spiro atoms. The summed E-state index contributed by atoms with van der Waals surface area (Å²) < 4.78 is 3.29. The molecule has 3 aromatic heterocycles. The summed E-state index contributed by atoms with van der Waals surface area (Å²) in [5, 5.41) is 11.6. The van der Waals surface area contributed by atoms with Gasteiger partial charge in [-0.15, -0.1) is 0 Å². The lowest BCUT2D eigenvalue weighted by Crippen LogP contribution is -2.12. The van der Waals surface area contributed by atoms with Gasteiger partial charge in [0.05, 0.1) is 5.69 Å². The molecule has 21 heavy (non-hydrogen) atoms. The Hall–Kier alpha value is -2.48. The summed E-state index contributed by atoms with van der Waals surface area (Å²) in [5.41, 5.74) is 0.998. The van der Waals surface area contributed by atoms with Crippen LogP contribution in [0.2, 0.25) is 5.28 Å². The van der Waals surface area contributed by atoms with Gasteiger partial charge < -0.3 is 5.32 Å². The molecule has 0 saturated carbocycles. The predicted molar refractivity (Wildman–Crippen MR) is 77.4 cm³/mol. The summed E-state index contributed by atoms with van der Waals surface area (Å²) >= 11 is 5.91. The zero-order valence-corrected chi connectivity index (χ0v) is 12.1. The Balaban J connectivity index is 1.68. The first-order valence-corrected chi connectivity index (χ1v) is 6.72. The van der Waals surface area contributed by atoms with Crippen molar-refractivity contribution in [1.82, 2.24) is 34.5 Å². The highest BCUT2D eigenvalue weighted by Gasteiger charge is 2.07. The van der Waals surface area contributed by atoms with E-state index in [4.69, 9.17) is 11.6 Å². The summed E-state index contributed by atoms with van der Waals surface area (Å²) in [4.78, 5) is 12.3. The van der Waals surface area contributed by atoms with Gasteiger partial charge in [0, 0.05) is 38.6 Å². The summed E-state index contributed by atoms with van der Waals surface area (Å²) in [5.74, 6) is 0.789. The molecule has 108 valence electrons. The molecule has 0 atom stereocenters. The van der Waals surface area contributed by atoms with E-state index in [0.29, 0.717) is 18.4 Å². The van der Waals surface area contributed by atoms with E-state index in [2.05, 4.69) is 30.5 Å². The lowest BCUT2D eigenvalue weighted by molar-refractivity contribution is 0.740. The minimum atomic E-state index is 0.121. The molecule has 0 bridgehead atoms. The Bertz CT molecular complexity index is 721. The van der Waals surface area contributed by atoms with Crippen LogP contribution in [0, 0.1) is 0 Å². The van der Waals surface area contributed by atoms with E-state index in [9.17, 15) is 0 Å². The fourth-order valence-electron chi connectivity index (χ4n) is 1.81. The summed E-state index contributed by atoms with van der Waals surface area (Å²) in [6.45, 7) is 0.649. The van der Waals surface area contributed by atoms with Crippen LogP contribution in [-0.2, 0) is 13.5 Å². The van der Waals surface area contributed by atoms with Crippen molar-refractivity contribution in [3.05, 3.63) is 41.7 Å². The number of hydrogen-bond acceptors (Lipinski definition) is 6. The molecule has 3 rings (SSSR count). The third-order valence-corrected chi connectivity index (χ3v) is 2.91. The van der Waals surface area contributed by atoms with Crippen molar-refractivity contribution in [2.45, 2.75) is 6.42 Å². The Morgan fingerprint density at radius 1 is 1.24 bits per heavy atom. The normalized spacial score (nSPS) is 10.8. The molecule has 0 fully saturated rings. The summed E-state index contributed by atoms with van der Waals surface area (Å²) in [6, 6.07) is 3.75. The Labute approximate surface area is 125 Å². The maximum absolute atomic E-state index is 5.91. The Morgan fingerprint density at radius 3 is 2.86 bits per heavy atom. The van der Waals surface area contributed by atoms with Crippen LogP contribution >= 0.6 is 11.6 Å². The number of nitrogens with zero attached hydrogens (tertiary/aromatic N) is 7. The molecule has 9 heteroatoms. The van der Waals surface area contributed by atoms with Crippen molar-refractivity contribution in [2.75, 3.05) is 11.9 Å². The average Bonchev–Trinajstić information content (AvgIpc) is 3.10. The van der Waals surface area contributed by atoms with Crippen molar-refractivity contribution >= 4 is 17.5 Å². The van der Waals surface area contributed by atoms with Gasteiger partial charge in [-0.3, -0.25) is 4.68 Å². The van der Waals surface area contributed by atoms with Gasteiger partial charge in [0.1, 0.15) is 0 Å². The molecule has 0 saturated heterocycles. The third-order valence-electron chi connectivity index (χ3n) is 2.74. The van der Waals surface area contributed by atoms with Gasteiger partial charge in [-0.25, -0.2) is 4.68 Å². The lowest BCUT2D eigenvalue weighted by Gasteiger charge is -2.05. The fourth-order valence-corrected chi connectivity index (χ4v) is 1.96. The zero-order valence-electron chi connectivity index (χ0n) is 11.3. The van der Waals surface area contributed by atoms with Crippen molar-refractivity contribution in [1.29, 1.82) is 0 Å². The van der Waals surface area contributed by atoms with Crippen molar-refractivity contribution in [2.24, 2.45) is 7.05 Å². The molecule has 0 aliphatic heterocycles. The third kappa shape index (κ3) is 3.34. The van der Waals surface area contributed by atoms with Gasteiger partial charge in [0.15, 0.2) is 0 Å². The highest BCUT2D eigenvalue weighted by Crippen LogP contribution is 2.09. The molecule has 0 aromatic carbocycles. The van der Waals surface area contributed by atoms with Gasteiger partial charge in [-0.05, 0) is 23.7 Å². The van der Waals surface area contributed by atoms with Crippen LogP contribution in [-0.4, -0.2) is 41.1 Å². The van der Waals surface area contributed by atoms with Crippen LogP contribution in [0.5, 0.6) is 0 Å². The maximum Gasteiger partial charge on any atom is 0.256 e. The topological polar surface area (TPSA) is 86.3 Å². The number of anilines is 1. The second kappa shape index (κ2) is 5.88. The first-order chi connectivity index (χ1) is 10.2. The van der Waals surface area contributed by atoms with Crippen LogP contribution in [0.25, 0.3) is 5.95 Å². The van der Waals surface area contributed by atoms with Crippen molar-refractivity contribution in [3.8, 4) is 5.95 Å². The first-order valence-electron chi connectivity index (χ1n) is 6.35. The lowest BCUT2D eigenvalue weighted by atomic mass is 10.3. The first kappa shape index (κ1) is 13.5. The van der Waals surface area contributed by atoms with Gasteiger partial charge in [0.2, 0.25) is 11.2 Å². The molecular weight excluding hydrogens is 292 g/mol. The predicted octanol–water partition coefficient (Wildman–Crippen LogP) is 1.10. The molecular formula is C12H13ClN8. The van der Waals surface area contributed by atoms with Gasteiger partial charge in [-0.1, -0.05) is 0 Å². The van der Waals surface area contributed by atoms with Crippen LogP contribution in [0.15, 0.2) is 30.7 Å². The van der Waals surface area contributed by atoms with E-state index in [1.54, 1.807) is 23.1 Å². The molecule has 0 unspecified atom stereocenters.